The van der Waals surface area contributed by atoms with Crippen molar-refractivity contribution in [1.29, 1.82) is 0 Å². The third-order valence-electron chi connectivity index (χ3n) is 3.18. The fourth-order valence-corrected chi connectivity index (χ4v) is 2.72. The van der Waals surface area contributed by atoms with Gasteiger partial charge in [-0.3, -0.25) is 4.90 Å². The van der Waals surface area contributed by atoms with Crippen LogP contribution < -0.4 is 5.32 Å². The number of nitrogens with zero attached hydrogens (tertiary/aromatic N) is 1. The van der Waals surface area contributed by atoms with E-state index in [1.165, 1.54) is 10.6 Å². The molecule has 1 heterocycles. The SMILES string of the molecule is CC(c1cccs1)N(C)CCNc1ccccc1. The van der Waals surface area contributed by atoms with Crippen LogP contribution in [0.25, 0.3) is 0 Å². The van der Waals surface area contributed by atoms with Crippen LogP contribution in [-0.4, -0.2) is 25.0 Å². The maximum absolute atomic E-state index is 3.44. The van der Waals surface area contributed by atoms with Gasteiger partial charge in [0.2, 0.25) is 0 Å². The summed E-state index contributed by atoms with van der Waals surface area (Å²) in [6, 6.07) is 15.2. The van der Waals surface area contributed by atoms with Crippen LogP contribution in [0.4, 0.5) is 5.69 Å². The van der Waals surface area contributed by atoms with E-state index in [-0.39, 0.29) is 0 Å². The highest BCUT2D eigenvalue weighted by atomic mass is 32.1. The van der Waals surface area contributed by atoms with Gasteiger partial charge in [0, 0.05) is 29.7 Å². The molecule has 3 heteroatoms. The average molecular weight is 260 g/mol. The molecular weight excluding hydrogens is 240 g/mol. The van der Waals surface area contributed by atoms with Crippen LogP contribution in [0.3, 0.4) is 0 Å². The molecule has 1 N–H and O–H groups in total. The van der Waals surface area contributed by atoms with E-state index >= 15 is 0 Å². The van der Waals surface area contributed by atoms with Crippen LogP contribution in [0.5, 0.6) is 0 Å². The molecule has 0 bridgehead atoms. The molecule has 0 aliphatic carbocycles. The zero-order valence-corrected chi connectivity index (χ0v) is 11.8. The lowest BCUT2D eigenvalue weighted by Crippen LogP contribution is -2.27. The van der Waals surface area contributed by atoms with Gasteiger partial charge in [-0.1, -0.05) is 24.3 Å². The second-order valence-electron chi connectivity index (χ2n) is 4.46. The number of para-hydroxylation sites is 1. The summed E-state index contributed by atoms with van der Waals surface area (Å²) < 4.78 is 0. The summed E-state index contributed by atoms with van der Waals surface area (Å²) in [7, 11) is 2.18. The van der Waals surface area contributed by atoms with E-state index in [9.17, 15) is 0 Å². The number of anilines is 1. The third-order valence-corrected chi connectivity index (χ3v) is 4.23. The van der Waals surface area contributed by atoms with E-state index in [1.807, 2.05) is 17.4 Å². The van der Waals surface area contributed by atoms with E-state index in [4.69, 9.17) is 0 Å². The zero-order valence-electron chi connectivity index (χ0n) is 11.0. The first-order chi connectivity index (χ1) is 8.77. The molecule has 0 aliphatic heterocycles. The quantitative estimate of drug-likeness (QED) is 0.848. The number of likely N-dealkylation sites (N-methyl/N-ethyl adjacent to an activating group) is 1. The molecule has 0 aliphatic rings. The van der Waals surface area contributed by atoms with Gasteiger partial charge >= 0.3 is 0 Å². The summed E-state index contributed by atoms with van der Waals surface area (Å²) in [5.74, 6) is 0. The summed E-state index contributed by atoms with van der Waals surface area (Å²) >= 11 is 1.83. The molecule has 1 atom stereocenters. The normalized spacial score (nSPS) is 12.6. The molecule has 1 aromatic heterocycles. The van der Waals surface area contributed by atoms with Gasteiger partial charge in [-0.25, -0.2) is 0 Å². The number of rotatable bonds is 6. The van der Waals surface area contributed by atoms with Crippen LogP contribution in [0.15, 0.2) is 47.8 Å². The average Bonchev–Trinajstić information content (AvgIpc) is 2.93. The molecular formula is C15H20N2S. The van der Waals surface area contributed by atoms with Crippen molar-refractivity contribution in [1.82, 2.24) is 4.90 Å². The topological polar surface area (TPSA) is 15.3 Å². The predicted molar refractivity (Wildman–Crippen MR) is 80.3 cm³/mol. The van der Waals surface area contributed by atoms with E-state index < -0.39 is 0 Å². The van der Waals surface area contributed by atoms with E-state index in [2.05, 4.69) is 66.0 Å². The molecule has 0 saturated heterocycles. The van der Waals surface area contributed by atoms with Gasteiger partial charge in [0.05, 0.1) is 0 Å². The molecule has 0 amide bonds. The fourth-order valence-electron chi connectivity index (χ4n) is 1.87. The summed E-state index contributed by atoms with van der Waals surface area (Å²) in [5.41, 5.74) is 1.19. The number of thiophene rings is 1. The maximum atomic E-state index is 3.44. The first-order valence-electron chi connectivity index (χ1n) is 6.30. The minimum Gasteiger partial charge on any atom is -0.384 e. The minimum atomic E-state index is 0.488. The lowest BCUT2D eigenvalue weighted by molar-refractivity contribution is 0.275. The Morgan fingerprint density at radius 3 is 2.61 bits per heavy atom. The van der Waals surface area contributed by atoms with Crippen LogP contribution >= 0.6 is 11.3 Å². The van der Waals surface area contributed by atoms with Crippen molar-refractivity contribution in [3.05, 3.63) is 52.7 Å². The first kappa shape index (κ1) is 13.1. The molecule has 0 radical (unpaired) electrons. The van der Waals surface area contributed by atoms with Crippen LogP contribution in [-0.2, 0) is 0 Å². The van der Waals surface area contributed by atoms with Crippen LogP contribution in [0.1, 0.15) is 17.8 Å². The van der Waals surface area contributed by atoms with Crippen molar-refractivity contribution in [2.75, 3.05) is 25.5 Å². The largest absolute Gasteiger partial charge is 0.384 e. The van der Waals surface area contributed by atoms with Crippen molar-refractivity contribution in [3.63, 3.8) is 0 Å². The molecule has 2 nitrogen and oxygen atoms in total. The van der Waals surface area contributed by atoms with Crippen molar-refractivity contribution >= 4 is 17.0 Å². The molecule has 2 aromatic rings. The summed E-state index contributed by atoms with van der Waals surface area (Å²) in [5, 5.41) is 5.58. The van der Waals surface area contributed by atoms with Gasteiger partial charge in [0.25, 0.3) is 0 Å². The van der Waals surface area contributed by atoms with Crippen molar-refractivity contribution in [3.8, 4) is 0 Å². The Labute approximate surface area is 113 Å². The Bertz CT molecular complexity index is 439. The molecule has 18 heavy (non-hydrogen) atoms. The molecule has 0 saturated carbocycles. The number of hydrogen-bond acceptors (Lipinski definition) is 3. The van der Waals surface area contributed by atoms with Crippen LogP contribution in [0, 0.1) is 0 Å². The van der Waals surface area contributed by atoms with Gasteiger partial charge < -0.3 is 5.32 Å². The van der Waals surface area contributed by atoms with E-state index in [0.717, 1.165) is 13.1 Å². The highest BCUT2D eigenvalue weighted by molar-refractivity contribution is 7.10. The molecule has 0 spiro atoms. The number of hydrogen-bond donors (Lipinski definition) is 1. The Morgan fingerprint density at radius 2 is 1.94 bits per heavy atom. The van der Waals surface area contributed by atoms with Gasteiger partial charge in [0.15, 0.2) is 0 Å². The van der Waals surface area contributed by atoms with Crippen LogP contribution in [0.2, 0.25) is 0 Å². The van der Waals surface area contributed by atoms with E-state index in [1.54, 1.807) is 0 Å². The summed E-state index contributed by atoms with van der Waals surface area (Å²) in [4.78, 5) is 3.80. The van der Waals surface area contributed by atoms with Gasteiger partial charge in [0.1, 0.15) is 0 Å². The van der Waals surface area contributed by atoms with Crippen molar-refractivity contribution in [2.45, 2.75) is 13.0 Å². The lowest BCUT2D eigenvalue weighted by atomic mass is 10.2. The molecule has 1 aromatic carbocycles. The smallest absolute Gasteiger partial charge is 0.0411 e. The molecule has 2 rings (SSSR count). The highest BCUT2D eigenvalue weighted by Gasteiger charge is 2.11. The fraction of sp³-hybridized carbons (Fsp3) is 0.333. The second-order valence-corrected chi connectivity index (χ2v) is 5.44. The Morgan fingerprint density at radius 1 is 1.17 bits per heavy atom. The standard InChI is InChI=1S/C15H20N2S/c1-13(15-9-6-12-18-15)17(2)11-10-16-14-7-4-3-5-8-14/h3-9,12-13,16H,10-11H2,1-2H3. The number of nitrogens with one attached hydrogen (secondary N) is 1. The van der Waals surface area contributed by atoms with Gasteiger partial charge in [-0.05, 0) is 37.6 Å². The number of benzene rings is 1. The van der Waals surface area contributed by atoms with Crippen molar-refractivity contribution in [2.24, 2.45) is 0 Å². The van der Waals surface area contributed by atoms with Gasteiger partial charge in [-0.2, -0.15) is 0 Å². The third kappa shape index (κ3) is 3.59. The summed E-state index contributed by atoms with van der Waals surface area (Å²) in [6.45, 7) is 4.26. The zero-order chi connectivity index (χ0) is 12.8. The molecule has 96 valence electrons. The summed E-state index contributed by atoms with van der Waals surface area (Å²) in [6.07, 6.45) is 0. The second kappa shape index (κ2) is 6.57. The Kier molecular flexibility index (Phi) is 4.79. The molecule has 0 fully saturated rings. The Hall–Kier alpha value is -1.32. The van der Waals surface area contributed by atoms with Crippen molar-refractivity contribution < 1.29 is 0 Å². The first-order valence-corrected chi connectivity index (χ1v) is 7.18. The highest BCUT2D eigenvalue weighted by Crippen LogP contribution is 2.22. The monoisotopic (exact) mass is 260 g/mol. The lowest BCUT2D eigenvalue weighted by Gasteiger charge is -2.24. The maximum Gasteiger partial charge on any atom is 0.0411 e. The predicted octanol–water partition coefficient (Wildman–Crippen LogP) is 3.85. The molecule has 1 unspecified atom stereocenters. The Balaban J connectivity index is 1.77. The van der Waals surface area contributed by atoms with Gasteiger partial charge in [-0.15, -0.1) is 11.3 Å². The minimum absolute atomic E-state index is 0.488. The van der Waals surface area contributed by atoms with E-state index in [0.29, 0.717) is 6.04 Å².